The Morgan fingerprint density at radius 3 is 3.06 bits per heavy atom. The Balaban J connectivity index is 1.81. The summed E-state index contributed by atoms with van der Waals surface area (Å²) in [5, 5.41) is 9.92. The van der Waals surface area contributed by atoms with E-state index in [1.165, 1.54) is 25.7 Å². The van der Waals surface area contributed by atoms with Crippen molar-refractivity contribution >= 4 is 0 Å². The Hall–Kier alpha value is -0.160. The van der Waals surface area contributed by atoms with Crippen molar-refractivity contribution in [2.45, 2.75) is 50.9 Å². The smallest absolute Gasteiger partial charge is 0.0900 e. The van der Waals surface area contributed by atoms with E-state index in [0.29, 0.717) is 25.4 Å². The fourth-order valence-electron chi connectivity index (χ4n) is 2.98. The van der Waals surface area contributed by atoms with E-state index in [0.717, 1.165) is 19.7 Å². The molecule has 0 aromatic heterocycles. The molecule has 3 atom stereocenters. The number of morpholine rings is 1. The zero-order chi connectivity index (χ0) is 12.1. The second kappa shape index (κ2) is 6.69. The van der Waals surface area contributed by atoms with E-state index in [1.807, 2.05) is 6.92 Å². The van der Waals surface area contributed by atoms with Crippen LogP contribution in [-0.2, 0) is 9.47 Å². The van der Waals surface area contributed by atoms with Crippen LogP contribution in [0.1, 0.15) is 32.6 Å². The van der Waals surface area contributed by atoms with E-state index in [4.69, 9.17) is 9.47 Å². The monoisotopic (exact) mass is 243 g/mol. The van der Waals surface area contributed by atoms with Gasteiger partial charge in [-0.25, -0.2) is 0 Å². The number of fused-ring (bicyclic) bond motifs is 1. The number of hydrogen-bond acceptors (Lipinski definition) is 4. The molecule has 0 spiro atoms. The molecule has 1 heterocycles. The molecule has 1 aliphatic heterocycles. The van der Waals surface area contributed by atoms with Crippen LogP contribution in [0.25, 0.3) is 0 Å². The second-order valence-corrected chi connectivity index (χ2v) is 5.07. The number of aliphatic hydroxyl groups excluding tert-OH is 1. The maximum absolute atomic E-state index is 9.92. The molecule has 1 N–H and O–H groups in total. The third-order valence-electron chi connectivity index (χ3n) is 3.81. The van der Waals surface area contributed by atoms with Crippen molar-refractivity contribution in [2.24, 2.45) is 0 Å². The van der Waals surface area contributed by atoms with Gasteiger partial charge in [-0.15, -0.1) is 0 Å². The van der Waals surface area contributed by atoms with E-state index in [9.17, 15) is 5.11 Å². The lowest BCUT2D eigenvalue weighted by atomic mass is 9.90. The highest BCUT2D eigenvalue weighted by molar-refractivity contribution is 4.88. The van der Waals surface area contributed by atoms with Crippen molar-refractivity contribution < 1.29 is 14.6 Å². The first-order valence-corrected chi connectivity index (χ1v) is 6.92. The lowest BCUT2D eigenvalue weighted by molar-refractivity contribution is -0.102. The molecule has 2 aliphatic rings. The first kappa shape index (κ1) is 13.3. The molecule has 1 saturated carbocycles. The molecule has 100 valence electrons. The van der Waals surface area contributed by atoms with E-state index in [-0.39, 0.29) is 6.10 Å². The van der Waals surface area contributed by atoms with E-state index >= 15 is 0 Å². The molecule has 0 aromatic rings. The van der Waals surface area contributed by atoms with Crippen molar-refractivity contribution in [3.05, 3.63) is 0 Å². The number of ether oxygens (including phenoxy) is 2. The fourth-order valence-corrected chi connectivity index (χ4v) is 2.98. The Labute approximate surface area is 104 Å². The van der Waals surface area contributed by atoms with Crippen molar-refractivity contribution in [3.8, 4) is 0 Å². The highest BCUT2D eigenvalue weighted by Gasteiger charge is 2.34. The molecule has 3 unspecified atom stereocenters. The Bertz CT molecular complexity index is 223. The van der Waals surface area contributed by atoms with Gasteiger partial charge in [0.05, 0.1) is 25.4 Å². The summed E-state index contributed by atoms with van der Waals surface area (Å²) in [7, 11) is 0. The van der Waals surface area contributed by atoms with Crippen LogP contribution >= 0.6 is 0 Å². The van der Waals surface area contributed by atoms with Crippen LogP contribution < -0.4 is 0 Å². The van der Waals surface area contributed by atoms with Gasteiger partial charge in [0.25, 0.3) is 0 Å². The molecule has 0 bridgehead atoms. The minimum Gasteiger partial charge on any atom is -0.389 e. The largest absolute Gasteiger partial charge is 0.389 e. The number of β-amino-alcohol motifs (C(OH)–C–C–N with tert-alkyl or cyclic N) is 1. The lowest BCUT2D eigenvalue weighted by Crippen LogP contribution is -2.54. The number of hydrogen-bond donors (Lipinski definition) is 1. The van der Waals surface area contributed by atoms with Gasteiger partial charge in [0.2, 0.25) is 0 Å². The Kier molecular flexibility index (Phi) is 5.22. The predicted octanol–water partition coefficient (Wildman–Crippen LogP) is 1.03. The normalized spacial score (nSPS) is 32.1. The lowest BCUT2D eigenvalue weighted by Gasteiger charge is -2.44. The van der Waals surface area contributed by atoms with Gasteiger partial charge in [-0.2, -0.15) is 0 Å². The first-order chi connectivity index (χ1) is 8.31. The molecule has 4 nitrogen and oxygen atoms in total. The second-order valence-electron chi connectivity index (χ2n) is 5.07. The molecule has 1 aliphatic carbocycles. The molecule has 1 saturated heterocycles. The summed E-state index contributed by atoms with van der Waals surface area (Å²) in [6, 6.07) is 0.522. The van der Waals surface area contributed by atoms with Crippen molar-refractivity contribution in [1.29, 1.82) is 0 Å². The SMILES string of the molecule is CCOCC(O)CN1CCOC2CCCCC21. The maximum atomic E-state index is 9.92. The zero-order valence-electron chi connectivity index (χ0n) is 10.8. The van der Waals surface area contributed by atoms with Crippen LogP contribution in [0.4, 0.5) is 0 Å². The topological polar surface area (TPSA) is 41.9 Å². The number of aliphatic hydroxyl groups is 1. The quantitative estimate of drug-likeness (QED) is 0.783. The van der Waals surface area contributed by atoms with Crippen molar-refractivity contribution in [3.63, 3.8) is 0 Å². The van der Waals surface area contributed by atoms with Gasteiger partial charge in [-0.3, -0.25) is 4.90 Å². The van der Waals surface area contributed by atoms with Gasteiger partial charge in [-0.1, -0.05) is 12.8 Å². The minimum absolute atomic E-state index is 0.365. The van der Waals surface area contributed by atoms with Crippen LogP contribution in [0.15, 0.2) is 0 Å². The van der Waals surface area contributed by atoms with Crippen LogP contribution in [-0.4, -0.2) is 61.2 Å². The van der Waals surface area contributed by atoms with E-state index in [2.05, 4.69) is 4.90 Å². The van der Waals surface area contributed by atoms with Crippen LogP contribution in [0, 0.1) is 0 Å². The molecule has 17 heavy (non-hydrogen) atoms. The molecule has 4 heteroatoms. The van der Waals surface area contributed by atoms with Gasteiger partial charge in [0.15, 0.2) is 0 Å². The van der Waals surface area contributed by atoms with Gasteiger partial charge < -0.3 is 14.6 Å². The summed E-state index contributed by atoms with van der Waals surface area (Å²) in [6.45, 7) is 5.56. The molecular formula is C13H25NO3. The van der Waals surface area contributed by atoms with Crippen LogP contribution in [0.2, 0.25) is 0 Å². The van der Waals surface area contributed by atoms with Crippen LogP contribution in [0.3, 0.4) is 0 Å². The standard InChI is InChI=1S/C13H25NO3/c1-2-16-10-11(15)9-14-7-8-17-13-6-4-3-5-12(13)14/h11-13,15H,2-10H2,1H3. The van der Waals surface area contributed by atoms with Crippen molar-refractivity contribution in [1.82, 2.24) is 4.90 Å². The minimum atomic E-state index is -0.365. The molecule has 0 aromatic carbocycles. The summed E-state index contributed by atoms with van der Waals surface area (Å²) < 4.78 is 11.1. The highest BCUT2D eigenvalue weighted by Crippen LogP contribution is 2.28. The Morgan fingerprint density at radius 2 is 2.24 bits per heavy atom. The summed E-state index contributed by atoms with van der Waals surface area (Å²) >= 11 is 0. The maximum Gasteiger partial charge on any atom is 0.0900 e. The van der Waals surface area contributed by atoms with E-state index < -0.39 is 0 Å². The zero-order valence-corrected chi connectivity index (χ0v) is 10.8. The van der Waals surface area contributed by atoms with Gasteiger partial charge in [0.1, 0.15) is 0 Å². The number of rotatable bonds is 5. The first-order valence-electron chi connectivity index (χ1n) is 6.92. The summed E-state index contributed by atoms with van der Waals surface area (Å²) in [5.41, 5.74) is 0. The summed E-state index contributed by atoms with van der Waals surface area (Å²) in [4.78, 5) is 2.40. The molecule has 0 radical (unpaired) electrons. The highest BCUT2D eigenvalue weighted by atomic mass is 16.5. The van der Waals surface area contributed by atoms with Gasteiger partial charge >= 0.3 is 0 Å². The van der Waals surface area contributed by atoms with Crippen LogP contribution in [0.5, 0.6) is 0 Å². The molecule has 2 rings (SSSR count). The average Bonchev–Trinajstić information content (AvgIpc) is 2.37. The number of nitrogens with zero attached hydrogens (tertiary/aromatic N) is 1. The fraction of sp³-hybridized carbons (Fsp3) is 1.00. The summed E-state index contributed by atoms with van der Waals surface area (Å²) in [6.07, 6.45) is 5.01. The van der Waals surface area contributed by atoms with Gasteiger partial charge in [0, 0.05) is 25.7 Å². The summed E-state index contributed by atoms with van der Waals surface area (Å²) in [5.74, 6) is 0. The molecule has 2 fully saturated rings. The van der Waals surface area contributed by atoms with Gasteiger partial charge in [-0.05, 0) is 19.8 Å². The predicted molar refractivity (Wildman–Crippen MR) is 66.1 cm³/mol. The van der Waals surface area contributed by atoms with Crippen molar-refractivity contribution in [2.75, 3.05) is 32.9 Å². The molecular weight excluding hydrogens is 218 g/mol. The Morgan fingerprint density at radius 1 is 1.41 bits per heavy atom. The third kappa shape index (κ3) is 3.65. The molecule has 0 amide bonds. The average molecular weight is 243 g/mol. The third-order valence-corrected chi connectivity index (χ3v) is 3.81. The van der Waals surface area contributed by atoms with E-state index in [1.54, 1.807) is 0 Å².